The maximum atomic E-state index is 12.9. The van der Waals surface area contributed by atoms with Gasteiger partial charge >= 0.3 is 0 Å². The average molecular weight is 407 g/mol. The molecule has 3 atom stereocenters. The summed E-state index contributed by atoms with van der Waals surface area (Å²) < 4.78 is 5.03. The Kier molecular flexibility index (Phi) is 5.81. The number of allylic oxidation sites excluding steroid dienone is 2. The van der Waals surface area contributed by atoms with Gasteiger partial charge in [-0.3, -0.25) is 14.9 Å². The van der Waals surface area contributed by atoms with Crippen molar-refractivity contribution in [3.05, 3.63) is 81.4 Å². The van der Waals surface area contributed by atoms with Crippen LogP contribution in [0, 0.1) is 16.0 Å². The van der Waals surface area contributed by atoms with E-state index in [4.69, 9.17) is 4.74 Å². The largest absolute Gasteiger partial charge is 0.385 e. The van der Waals surface area contributed by atoms with Gasteiger partial charge in [-0.05, 0) is 30.4 Å². The molecule has 0 fully saturated rings. The third-order valence-corrected chi connectivity index (χ3v) is 5.92. The number of anilines is 1. The SMILES string of the molecule is COCCCNC(=O)c1cccc2c1NC(c1ccccc1[N+](=O)[O-])C1CC=CC21. The van der Waals surface area contributed by atoms with E-state index in [2.05, 4.69) is 22.8 Å². The Hall–Kier alpha value is -3.19. The average Bonchev–Trinajstić information content (AvgIpc) is 3.26. The fourth-order valence-electron chi connectivity index (χ4n) is 4.55. The number of ether oxygens (including phenoxy) is 1. The predicted molar refractivity (Wildman–Crippen MR) is 115 cm³/mol. The molecule has 0 radical (unpaired) electrons. The lowest BCUT2D eigenvalue weighted by atomic mass is 9.76. The summed E-state index contributed by atoms with van der Waals surface area (Å²) in [6.07, 6.45) is 5.86. The van der Waals surface area contributed by atoms with Crippen LogP contribution in [0.15, 0.2) is 54.6 Å². The molecule has 1 aliphatic carbocycles. The molecule has 3 unspecified atom stereocenters. The van der Waals surface area contributed by atoms with E-state index in [-0.39, 0.29) is 34.4 Å². The molecule has 0 saturated heterocycles. The molecule has 7 heteroatoms. The first-order chi connectivity index (χ1) is 14.6. The molecule has 1 aliphatic heterocycles. The van der Waals surface area contributed by atoms with Crippen molar-refractivity contribution >= 4 is 17.3 Å². The highest BCUT2D eigenvalue weighted by Crippen LogP contribution is 2.51. The zero-order valence-corrected chi connectivity index (χ0v) is 16.8. The molecule has 7 nitrogen and oxygen atoms in total. The van der Waals surface area contributed by atoms with Gasteiger partial charge in [0, 0.05) is 32.2 Å². The smallest absolute Gasteiger partial charge is 0.274 e. The first-order valence-corrected chi connectivity index (χ1v) is 10.2. The highest BCUT2D eigenvalue weighted by Gasteiger charge is 2.41. The molecule has 0 bridgehead atoms. The molecule has 156 valence electrons. The Labute approximate surface area is 175 Å². The fraction of sp³-hybridized carbons (Fsp3) is 0.348. The lowest BCUT2D eigenvalue weighted by Gasteiger charge is -2.38. The van der Waals surface area contributed by atoms with Crippen LogP contribution in [0.25, 0.3) is 0 Å². The monoisotopic (exact) mass is 407 g/mol. The number of nitro groups is 1. The van der Waals surface area contributed by atoms with Crippen molar-refractivity contribution in [3.63, 3.8) is 0 Å². The molecule has 1 heterocycles. The van der Waals surface area contributed by atoms with Gasteiger partial charge in [0.2, 0.25) is 0 Å². The lowest BCUT2D eigenvalue weighted by Crippen LogP contribution is -2.32. The minimum Gasteiger partial charge on any atom is -0.385 e. The summed E-state index contributed by atoms with van der Waals surface area (Å²) in [5.41, 5.74) is 3.14. The topological polar surface area (TPSA) is 93.5 Å². The Balaban J connectivity index is 1.70. The summed E-state index contributed by atoms with van der Waals surface area (Å²) in [4.78, 5) is 24.2. The number of carbonyl (C=O) groups is 1. The van der Waals surface area contributed by atoms with Crippen molar-refractivity contribution in [1.82, 2.24) is 5.32 Å². The number of para-hydroxylation sites is 2. The quantitative estimate of drug-likeness (QED) is 0.311. The minimum absolute atomic E-state index is 0.102. The molecule has 2 aromatic carbocycles. The molecule has 4 rings (SSSR count). The number of hydrogen-bond donors (Lipinski definition) is 2. The van der Waals surface area contributed by atoms with Crippen LogP contribution >= 0.6 is 0 Å². The van der Waals surface area contributed by atoms with Crippen LogP contribution in [0.1, 0.15) is 46.3 Å². The number of fused-ring (bicyclic) bond motifs is 3. The second-order valence-electron chi connectivity index (χ2n) is 7.66. The number of benzene rings is 2. The van der Waals surface area contributed by atoms with E-state index in [1.807, 2.05) is 24.3 Å². The lowest BCUT2D eigenvalue weighted by molar-refractivity contribution is -0.385. The molecule has 2 N–H and O–H groups in total. The van der Waals surface area contributed by atoms with Gasteiger partial charge in [-0.25, -0.2) is 0 Å². The Morgan fingerprint density at radius 1 is 1.23 bits per heavy atom. The maximum absolute atomic E-state index is 12.9. The van der Waals surface area contributed by atoms with Crippen molar-refractivity contribution in [1.29, 1.82) is 0 Å². The van der Waals surface area contributed by atoms with Gasteiger partial charge in [-0.15, -0.1) is 0 Å². The van der Waals surface area contributed by atoms with Crippen LogP contribution in [-0.2, 0) is 4.74 Å². The highest BCUT2D eigenvalue weighted by molar-refractivity contribution is 6.00. The van der Waals surface area contributed by atoms with E-state index >= 15 is 0 Å². The van der Waals surface area contributed by atoms with Crippen molar-refractivity contribution in [2.24, 2.45) is 5.92 Å². The van der Waals surface area contributed by atoms with E-state index in [1.165, 1.54) is 0 Å². The van der Waals surface area contributed by atoms with Crippen LogP contribution in [0.2, 0.25) is 0 Å². The highest BCUT2D eigenvalue weighted by atomic mass is 16.6. The van der Waals surface area contributed by atoms with E-state index in [0.717, 1.165) is 24.1 Å². The summed E-state index contributed by atoms with van der Waals surface area (Å²) in [7, 11) is 1.63. The van der Waals surface area contributed by atoms with Gasteiger partial charge in [0.05, 0.1) is 27.8 Å². The van der Waals surface area contributed by atoms with Crippen LogP contribution < -0.4 is 10.6 Å². The van der Waals surface area contributed by atoms with Crippen LogP contribution in [0.3, 0.4) is 0 Å². The third-order valence-electron chi connectivity index (χ3n) is 5.92. The second-order valence-corrected chi connectivity index (χ2v) is 7.66. The summed E-state index contributed by atoms with van der Waals surface area (Å²) >= 11 is 0. The Bertz CT molecular complexity index is 988. The first-order valence-electron chi connectivity index (χ1n) is 10.2. The number of nitrogens with one attached hydrogen (secondary N) is 2. The van der Waals surface area contributed by atoms with Gasteiger partial charge in [-0.1, -0.05) is 42.5 Å². The third kappa shape index (κ3) is 3.68. The summed E-state index contributed by atoms with van der Waals surface area (Å²) in [5.74, 6) is 0.128. The Morgan fingerprint density at radius 2 is 2.03 bits per heavy atom. The molecular weight excluding hydrogens is 382 g/mol. The van der Waals surface area contributed by atoms with Crippen LogP contribution in [0.5, 0.6) is 0 Å². The number of amides is 1. The zero-order valence-electron chi connectivity index (χ0n) is 16.8. The number of rotatable bonds is 7. The van der Waals surface area contributed by atoms with Crippen molar-refractivity contribution in [3.8, 4) is 0 Å². The normalized spacial score (nSPS) is 21.4. The van der Waals surface area contributed by atoms with Gasteiger partial charge < -0.3 is 15.4 Å². The minimum atomic E-state index is -0.335. The number of hydrogen-bond acceptors (Lipinski definition) is 5. The summed E-state index contributed by atoms with van der Waals surface area (Å²) in [6.45, 7) is 1.11. The molecule has 2 aliphatic rings. The zero-order chi connectivity index (χ0) is 21.1. The van der Waals surface area contributed by atoms with E-state index in [0.29, 0.717) is 24.3 Å². The molecule has 0 saturated carbocycles. The molecular formula is C23H25N3O4. The first kappa shape index (κ1) is 20.1. The number of carbonyl (C=O) groups excluding carboxylic acids is 1. The van der Waals surface area contributed by atoms with Crippen LogP contribution in [-0.4, -0.2) is 31.1 Å². The molecule has 0 spiro atoms. The van der Waals surface area contributed by atoms with Gasteiger partial charge in [0.1, 0.15) is 0 Å². The van der Waals surface area contributed by atoms with E-state index in [1.54, 1.807) is 25.3 Å². The van der Waals surface area contributed by atoms with E-state index in [9.17, 15) is 14.9 Å². The van der Waals surface area contributed by atoms with Gasteiger partial charge in [0.25, 0.3) is 11.6 Å². The molecule has 30 heavy (non-hydrogen) atoms. The number of methoxy groups -OCH3 is 1. The van der Waals surface area contributed by atoms with Gasteiger partial charge in [0.15, 0.2) is 0 Å². The number of nitro benzene ring substituents is 1. The van der Waals surface area contributed by atoms with E-state index < -0.39 is 0 Å². The van der Waals surface area contributed by atoms with Crippen molar-refractivity contribution < 1.29 is 14.5 Å². The molecule has 1 amide bonds. The van der Waals surface area contributed by atoms with Crippen molar-refractivity contribution in [2.45, 2.75) is 24.8 Å². The fourth-order valence-corrected chi connectivity index (χ4v) is 4.55. The maximum Gasteiger partial charge on any atom is 0.274 e. The standard InChI is InChI=1S/C23H25N3O4/c1-30-14-6-13-24-23(27)19-11-5-10-17-15-8-4-9-16(15)21(25-22(17)19)18-7-2-3-12-20(18)26(28)29/h2-5,7-8,10-12,15-16,21,25H,6,9,13-14H2,1H3,(H,24,27). The second kappa shape index (κ2) is 8.67. The summed E-state index contributed by atoms with van der Waals surface area (Å²) in [5, 5.41) is 18.1. The molecule has 2 aromatic rings. The number of nitrogens with zero attached hydrogens (tertiary/aromatic N) is 1. The predicted octanol–water partition coefficient (Wildman–Crippen LogP) is 4.19. The summed E-state index contributed by atoms with van der Waals surface area (Å²) in [6, 6.07) is 12.3. The van der Waals surface area contributed by atoms with Crippen LogP contribution in [0.4, 0.5) is 11.4 Å². The Morgan fingerprint density at radius 3 is 2.83 bits per heavy atom. The molecule has 0 aromatic heterocycles. The van der Waals surface area contributed by atoms with Crippen molar-refractivity contribution in [2.75, 3.05) is 25.6 Å². The van der Waals surface area contributed by atoms with Gasteiger partial charge in [-0.2, -0.15) is 0 Å².